The molecular formula is C12H10N2O5. The van der Waals surface area contributed by atoms with Crippen LogP contribution in [0.2, 0.25) is 0 Å². The lowest BCUT2D eigenvalue weighted by atomic mass is 10.1. The predicted molar refractivity (Wildman–Crippen MR) is 62.4 cm³/mol. The van der Waals surface area contributed by atoms with Gasteiger partial charge in [0.2, 0.25) is 11.8 Å². The molecule has 1 saturated heterocycles. The summed E-state index contributed by atoms with van der Waals surface area (Å²) >= 11 is 0. The van der Waals surface area contributed by atoms with Crippen molar-refractivity contribution in [3.05, 3.63) is 35.4 Å². The van der Waals surface area contributed by atoms with Crippen LogP contribution in [0.4, 0.5) is 0 Å². The van der Waals surface area contributed by atoms with Crippen LogP contribution in [0.5, 0.6) is 0 Å². The van der Waals surface area contributed by atoms with E-state index in [-0.39, 0.29) is 17.5 Å². The molecule has 98 valence electrons. The first-order valence-corrected chi connectivity index (χ1v) is 5.46. The molecule has 2 rings (SSSR count). The molecule has 0 spiro atoms. The van der Waals surface area contributed by atoms with Crippen molar-refractivity contribution in [2.45, 2.75) is 12.5 Å². The van der Waals surface area contributed by atoms with E-state index in [0.717, 1.165) is 0 Å². The topological polar surface area (TPSA) is 113 Å². The number of carbonyl (C=O) groups is 4. The molecule has 1 atom stereocenters. The first kappa shape index (κ1) is 12.7. The molecule has 1 aromatic rings. The summed E-state index contributed by atoms with van der Waals surface area (Å²) in [6.45, 7) is 0. The lowest BCUT2D eigenvalue weighted by Gasteiger charge is -2.10. The van der Waals surface area contributed by atoms with Gasteiger partial charge in [-0.15, -0.1) is 0 Å². The number of hydrogen-bond donors (Lipinski definition) is 3. The third-order valence-electron chi connectivity index (χ3n) is 2.68. The molecule has 0 radical (unpaired) electrons. The average molecular weight is 262 g/mol. The van der Waals surface area contributed by atoms with Crippen molar-refractivity contribution in [2.24, 2.45) is 0 Å². The smallest absolute Gasteiger partial charge is 0.336 e. The lowest BCUT2D eigenvalue weighted by molar-refractivity contribution is -0.125. The van der Waals surface area contributed by atoms with Gasteiger partial charge in [0.1, 0.15) is 6.04 Å². The Bertz CT molecular complexity index is 581. The Hall–Kier alpha value is -2.70. The third-order valence-corrected chi connectivity index (χ3v) is 2.68. The number of imide groups is 1. The van der Waals surface area contributed by atoms with E-state index in [1.54, 1.807) is 0 Å². The normalized spacial score (nSPS) is 18.0. The van der Waals surface area contributed by atoms with E-state index in [9.17, 15) is 19.2 Å². The molecule has 7 heteroatoms. The second-order valence-electron chi connectivity index (χ2n) is 3.99. The standard InChI is InChI=1S/C12H10N2O5/c15-9-5-8(11(17)14-9)13-10(16)6-3-1-2-4-7(6)12(18)19/h1-4,8H,5H2,(H,13,16)(H,18,19)(H,14,15,17). The van der Waals surface area contributed by atoms with Crippen molar-refractivity contribution in [1.29, 1.82) is 0 Å². The monoisotopic (exact) mass is 262 g/mol. The van der Waals surface area contributed by atoms with E-state index in [1.165, 1.54) is 24.3 Å². The number of hydrogen-bond acceptors (Lipinski definition) is 4. The molecule has 0 bridgehead atoms. The number of aromatic carboxylic acids is 1. The molecule has 19 heavy (non-hydrogen) atoms. The van der Waals surface area contributed by atoms with E-state index in [0.29, 0.717) is 0 Å². The summed E-state index contributed by atoms with van der Waals surface area (Å²) in [5, 5.41) is 13.3. The first-order valence-electron chi connectivity index (χ1n) is 5.46. The molecule has 1 unspecified atom stereocenters. The number of carbonyl (C=O) groups excluding carboxylic acids is 3. The summed E-state index contributed by atoms with van der Waals surface area (Å²) in [4.78, 5) is 45.2. The van der Waals surface area contributed by atoms with Gasteiger partial charge in [0, 0.05) is 0 Å². The molecule has 0 aliphatic carbocycles. The van der Waals surface area contributed by atoms with Gasteiger partial charge in [0.05, 0.1) is 17.5 Å². The largest absolute Gasteiger partial charge is 0.478 e. The number of nitrogens with one attached hydrogen (secondary N) is 2. The summed E-state index contributed by atoms with van der Waals surface area (Å²) in [5.74, 6) is -3.00. The van der Waals surface area contributed by atoms with Crippen molar-refractivity contribution in [1.82, 2.24) is 10.6 Å². The van der Waals surface area contributed by atoms with E-state index < -0.39 is 29.7 Å². The molecule has 1 aromatic carbocycles. The van der Waals surface area contributed by atoms with Gasteiger partial charge in [-0.2, -0.15) is 0 Å². The minimum absolute atomic E-state index is 0.0536. The van der Waals surface area contributed by atoms with Gasteiger partial charge in [-0.25, -0.2) is 4.79 Å². The second kappa shape index (κ2) is 4.89. The van der Waals surface area contributed by atoms with Crippen LogP contribution in [-0.2, 0) is 9.59 Å². The van der Waals surface area contributed by atoms with Gasteiger partial charge >= 0.3 is 5.97 Å². The molecule has 3 amide bonds. The summed E-state index contributed by atoms with van der Waals surface area (Å²) in [7, 11) is 0. The summed E-state index contributed by atoms with van der Waals surface area (Å²) in [6.07, 6.45) is -0.139. The first-order chi connectivity index (χ1) is 8.99. The van der Waals surface area contributed by atoms with E-state index in [4.69, 9.17) is 5.11 Å². The highest BCUT2D eigenvalue weighted by molar-refractivity contribution is 6.10. The van der Waals surface area contributed by atoms with Crippen LogP contribution in [0.15, 0.2) is 24.3 Å². The molecular weight excluding hydrogens is 252 g/mol. The highest BCUT2D eigenvalue weighted by atomic mass is 16.4. The minimum Gasteiger partial charge on any atom is -0.478 e. The number of carboxylic acids is 1. The SMILES string of the molecule is O=C1CC(NC(=O)c2ccccc2C(=O)O)C(=O)N1. The molecule has 7 nitrogen and oxygen atoms in total. The van der Waals surface area contributed by atoms with E-state index in [1.807, 2.05) is 0 Å². The number of amides is 3. The van der Waals surface area contributed by atoms with Crippen molar-refractivity contribution in [2.75, 3.05) is 0 Å². The zero-order valence-electron chi connectivity index (χ0n) is 9.67. The number of benzene rings is 1. The molecule has 1 fully saturated rings. The Morgan fingerprint density at radius 2 is 1.84 bits per heavy atom. The Kier molecular flexibility index (Phi) is 3.28. The molecule has 0 aromatic heterocycles. The Balaban J connectivity index is 2.19. The number of carboxylic acid groups (broad SMARTS) is 1. The van der Waals surface area contributed by atoms with Crippen molar-refractivity contribution in [3.8, 4) is 0 Å². The number of rotatable bonds is 3. The minimum atomic E-state index is -1.24. The van der Waals surface area contributed by atoms with Crippen LogP contribution in [0.3, 0.4) is 0 Å². The van der Waals surface area contributed by atoms with Crippen LogP contribution in [0, 0.1) is 0 Å². The highest BCUT2D eigenvalue weighted by Gasteiger charge is 2.32. The molecule has 1 aliphatic rings. The van der Waals surface area contributed by atoms with Gasteiger partial charge in [-0.05, 0) is 12.1 Å². The van der Waals surface area contributed by atoms with Crippen LogP contribution in [-0.4, -0.2) is 34.8 Å². The molecule has 0 saturated carbocycles. The third kappa shape index (κ3) is 2.59. The maximum absolute atomic E-state index is 11.9. The zero-order chi connectivity index (χ0) is 14.0. The van der Waals surface area contributed by atoms with Gasteiger partial charge in [-0.3, -0.25) is 19.7 Å². The molecule has 3 N–H and O–H groups in total. The van der Waals surface area contributed by atoms with Crippen molar-refractivity contribution >= 4 is 23.7 Å². The van der Waals surface area contributed by atoms with Gasteiger partial charge in [0.15, 0.2) is 0 Å². The summed E-state index contributed by atoms with van der Waals surface area (Å²) < 4.78 is 0. The van der Waals surface area contributed by atoms with Crippen LogP contribution in [0.1, 0.15) is 27.1 Å². The van der Waals surface area contributed by atoms with Crippen LogP contribution >= 0.6 is 0 Å². The quantitative estimate of drug-likeness (QED) is 0.637. The van der Waals surface area contributed by atoms with Gasteiger partial charge in [-0.1, -0.05) is 12.1 Å². The van der Waals surface area contributed by atoms with Crippen molar-refractivity contribution in [3.63, 3.8) is 0 Å². The maximum atomic E-state index is 11.9. The van der Waals surface area contributed by atoms with Crippen LogP contribution < -0.4 is 10.6 Å². The van der Waals surface area contributed by atoms with Gasteiger partial charge < -0.3 is 10.4 Å². The predicted octanol–water partition coefficient (Wildman–Crippen LogP) is -0.470. The zero-order valence-corrected chi connectivity index (χ0v) is 9.67. The fraction of sp³-hybridized carbons (Fsp3) is 0.167. The fourth-order valence-electron chi connectivity index (χ4n) is 1.77. The lowest BCUT2D eigenvalue weighted by Crippen LogP contribution is -2.40. The Morgan fingerprint density at radius 1 is 1.21 bits per heavy atom. The Labute approximate surface area is 107 Å². The van der Waals surface area contributed by atoms with E-state index in [2.05, 4.69) is 10.6 Å². The second-order valence-corrected chi connectivity index (χ2v) is 3.99. The summed E-state index contributed by atoms with van der Waals surface area (Å²) in [5.41, 5.74) is -0.216. The molecule has 1 aliphatic heterocycles. The molecule has 1 heterocycles. The highest BCUT2D eigenvalue weighted by Crippen LogP contribution is 2.10. The van der Waals surface area contributed by atoms with Crippen LogP contribution in [0.25, 0.3) is 0 Å². The fourth-order valence-corrected chi connectivity index (χ4v) is 1.77. The summed E-state index contributed by atoms with van der Waals surface area (Å²) in [6, 6.07) is 4.68. The average Bonchev–Trinajstić information content (AvgIpc) is 2.67. The maximum Gasteiger partial charge on any atom is 0.336 e. The Morgan fingerprint density at radius 3 is 2.37 bits per heavy atom. The van der Waals surface area contributed by atoms with E-state index >= 15 is 0 Å². The van der Waals surface area contributed by atoms with Gasteiger partial charge in [0.25, 0.3) is 5.91 Å². The van der Waals surface area contributed by atoms with Crippen molar-refractivity contribution < 1.29 is 24.3 Å².